The molecule has 1 amide bonds. The van der Waals surface area contributed by atoms with Gasteiger partial charge in [0.05, 0.1) is 5.92 Å². The first-order chi connectivity index (χ1) is 15.0. The van der Waals surface area contributed by atoms with Crippen molar-refractivity contribution in [2.45, 2.75) is 26.4 Å². The summed E-state index contributed by atoms with van der Waals surface area (Å²) in [5.41, 5.74) is 1.53. The van der Waals surface area contributed by atoms with Crippen LogP contribution in [-0.2, 0) is 27.4 Å². The highest BCUT2D eigenvalue weighted by molar-refractivity contribution is 7.15. The number of carbonyl (C=O) groups is 2. The average molecular weight is 456 g/mol. The summed E-state index contributed by atoms with van der Waals surface area (Å²) < 4.78 is 5.19. The van der Waals surface area contributed by atoms with E-state index in [0.29, 0.717) is 23.0 Å². The molecule has 31 heavy (non-hydrogen) atoms. The Bertz CT molecular complexity index is 1050. The van der Waals surface area contributed by atoms with Gasteiger partial charge in [-0.1, -0.05) is 61.0 Å². The van der Waals surface area contributed by atoms with Crippen LogP contribution in [0.15, 0.2) is 60.8 Å². The van der Waals surface area contributed by atoms with Gasteiger partial charge in [-0.2, -0.15) is 0 Å². The summed E-state index contributed by atoms with van der Waals surface area (Å²) in [5.74, 6) is -2.16. The van der Waals surface area contributed by atoms with Crippen molar-refractivity contribution < 1.29 is 14.3 Å². The van der Waals surface area contributed by atoms with Crippen LogP contribution in [0.25, 0.3) is 0 Å². The summed E-state index contributed by atoms with van der Waals surface area (Å²) in [5, 5.41) is 11.9. The number of rotatable bonds is 9. The average Bonchev–Trinajstić information content (AvgIpc) is 3.21. The van der Waals surface area contributed by atoms with Crippen molar-refractivity contribution in [3.8, 4) is 0 Å². The second-order valence-corrected chi connectivity index (χ2v) is 8.41. The van der Waals surface area contributed by atoms with Crippen LogP contribution >= 0.6 is 22.9 Å². The van der Waals surface area contributed by atoms with E-state index in [-0.39, 0.29) is 12.3 Å². The van der Waals surface area contributed by atoms with Gasteiger partial charge >= 0.3 is 5.97 Å². The second kappa shape index (κ2) is 10.8. The third-order valence-corrected chi connectivity index (χ3v) is 5.75. The second-order valence-electron chi connectivity index (χ2n) is 6.86. The first-order valence-corrected chi connectivity index (χ1v) is 10.9. The van der Waals surface area contributed by atoms with Gasteiger partial charge in [0.15, 0.2) is 5.13 Å². The number of esters is 1. The van der Waals surface area contributed by atoms with Crippen molar-refractivity contribution in [3.63, 3.8) is 0 Å². The van der Waals surface area contributed by atoms with Crippen LogP contribution in [0, 0.1) is 11.3 Å². The molecule has 1 heterocycles. The first kappa shape index (κ1) is 22.7. The fourth-order valence-corrected chi connectivity index (χ4v) is 3.88. The Morgan fingerprint density at radius 2 is 1.84 bits per heavy atom. The van der Waals surface area contributed by atoms with E-state index in [2.05, 4.69) is 10.3 Å². The van der Waals surface area contributed by atoms with Crippen LogP contribution in [0.1, 0.15) is 29.3 Å². The number of hydrogen-bond acceptors (Lipinski definition) is 6. The molecule has 2 N–H and O–H groups in total. The highest BCUT2D eigenvalue weighted by Gasteiger charge is 2.28. The fraction of sp³-hybridized carbons (Fsp3) is 0.217. The van der Waals surface area contributed by atoms with E-state index in [1.807, 2.05) is 54.6 Å². The standard InChI is InChI=1S/C23H22ClN3O3S/c1-2-19(20(25)22(29)30-14-16-6-4-3-5-7-16)21(28)27-23-26-13-18(31-23)12-15-8-10-17(24)11-9-15/h3-11,13,19,25H,2,12,14H2,1H3,(H,26,27,28). The van der Waals surface area contributed by atoms with E-state index in [0.717, 1.165) is 16.0 Å². The Hall–Kier alpha value is -3.03. The summed E-state index contributed by atoms with van der Waals surface area (Å²) >= 11 is 7.26. The molecule has 0 bridgehead atoms. The number of carbonyl (C=O) groups excluding carboxylic acids is 2. The minimum atomic E-state index is -0.910. The van der Waals surface area contributed by atoms with Crippen LogP contribution < -0.4 is 5.32 Å². The molecule has 3 rings (SSSR count). The molecule has 0 aliphatic heterocycles. The molecule has 8 heteroatoms. The maximum absolute atomic E-state index is 12.7. The van der Waals surface area contributed by atoms with Crippen molar-refractivity contribution >= 4 is 45.7 Å². The summed E-state index contributed by atoms with van der Waals surface area (Å²) in [6.07, 6.45) is 2.67. The topological polar surface area (TPSA) is 92.1 Å². The molecule has 0 aliphatic rings. The van der Waals surface area contributed by atoms with Gasteiger partial charge in [0.25, 0.3) is 0 Å². The summed E-state index contributed by atoms with van der Waals surface area (Å²) in [6, 6.07) is 16.7. The predicted octanol–water partition coefficient (Wildman–Crippen LogP) is 5.12. The Labute approximate surface area is 189 Å². The highest BCUT2D eigenvalue weighted by Crippen LogP contribution is 2.23. The summed E-state index contributed by atoms with van der Waals surface area (Å²) in [4.78, 5) is 30.1. The lowest BCUT2D eigenvalue weighted by Gasteiger charge is -2.14. The number of thiazole rings is 1. The molecule has 0 aliphatic carbocycles. The molecule has 0 saturated carbocycles. The maximum atomic E-state index is 12.7. The largest absolute Gasteiger partial charge is 0.456 e. The lowest BCUT2D eigenvalue weighted by molar-refractivity contribution is -0.137. The Kier molecular flexibility index (Phi) is 7.92. The van der Waals surface area contributed by atoms with E-state index < -0.39 is 17.8 Å². The molecule has 1 atom stereocenters. The van der Waals surface area contributed by atoms with Gasteiger partial charge in [-0.25, -0.2) is 9.78 Å². The summed E-state index contributed by atoms with van der Waals surface area (Å²) in [6.45, 7) is 1.80. The Morgan fingerprint density at radius 1 is 1.13 bits per heavy atom. The fourth-order valence-electron chi connectivity index (χ4n) is 2.91. The van der Waals surface area contributed by atoms with Crippen LogP contribution in [0.3, 0.4) is 0 Å². The third kappa shape index (κ3) is 6.47. The molecule has 0 radical (unpaired) electrons. The van der Waals surface area contributed by atoms with Crippen LogP contribution in [-0.4, -0.2) is 22.6 Å². The van der Waals surface area contributed by atoms with Gasteiger partial charge in [0.2, 0.25) is 5.91 Å². The van der Waals surface area contributed by atoms with Gasteiger partial charge in [0, 0.05) is 22.5 Å². The van der Waals surface area contributed by atoms with Gasteiger partial charge < -0.3 is 10.1 Å². The monoisotopic (exact) mass is 455 g/mol. The number of benzene rings is 2. The molecule has 3 aromatic rings. The number of halogens is 1. The SMILES string of the molecule is CCC(C(=N)C(=O)OCc1ccccc1)C(=O)Nc1ncc(Cc2ccc(Cl)cc2)s1. The Balaban J connectivity index is 1.56. The van der Waals surface area contributed by atoms with Crippen LogP contribution in [0.4, 0.5) is 5.13 Å². The highest BCUT2D eigenvalue weighted by atomic mass is 35.5. The van der Waals surface area contributed by atoms with E-state index in [1.165, 1.54) is 11.3 Å². The molecule has 1 unspecified atom stereocenters. The maximum Gasteiger partial charge on any atom is 0.353 e. The van der Waals surface area contributed by atoms with Gasteiger partial charge in [-0.05, 0) is 29.7 Å². The number of nitrogens with zero attached hydrogens (tertiary/aromatic N) is 1. The van der Waals surface area contributed by atoms with Gasteiger partial charge in [0.1, 0.15) is 12.3 Å². The van der Waals surface area contributed by atoms with Crippen molar-refractivity contribution in [2.24, 2.45) is 5.92 Å². The van der Waals surface area contributed by atoms with E-state index in [4.69, 9.17) is 21.7 Å². The van der Waals surface area contributed by atoms with Crippen molar-refractivity contribution in [3.05, 3.63) is 81.8 Å². The zero-order valence-electron chi connectivity index (χ0n) is 16.9. The van der Waals surface area contributed by atoms with E-state index >= 15 is 0 Å². The molecule has 0 saturated heterocycles. The number of aromatic nitrogens is 1. The lowest BCUT2D eigenvalue weighted by atomic mass is 9.99. The molecule has 1 aromatic heterocycles. The molecular formula is C23H22ClN3O3S. The van der Waals surface area contributed by atoms with Gasteiger partial charge in [-0.15, -0.1) is 11.3 Å². The number of hydrogen-bond donors (Lipinski definition) is 2. The minimum absolute atomic E-state index is 0.0562. The molecule has 2 aromatic carbocycles. The normalized spacial score (nSPS) is 11.5. The zero-order valence-corrected chi connectivity index (χ0v) is 18.5. The van der Waals surface area contributed by atoms with Crippen molar-refractivity contribution in [1.29, 1.82) is 5.41 Å². The first-order valence-electron chi connectivity index (χ1n) is 9.75. The quantitative estimate of drug-likeness (QED) is 0.346. The number of ether oxygens (including phenoxy) is 1. The predicted molar refractivity (Wildman–Crippen MR) is 123 cm³/mol. The number of amides is 1. The van der Waals surface area contributed by atoms with Gasteiger partial charge in [-0.3, -0.25) is 10.2 Å². The molecule has 160 valence electrons. The van der Waals surface area contributed by atoms with Crippen LogP contribution in [0.5, 0.6) is 0 Å². The summed E-state index contributed by atoms with van der Waals surface area (Å²) in [7, 11) is 0. The molecule has 0 spiro atoms. The van der Waals surface area contributed by atoms with E-state index in [9.17, 15) is 9.59 Å². The molecular weight excluding hydrogens is 434 g/mol. The smallest absolute Gasteiger partial charge is 0.353 e. The van der Waals surface area contributed by atoms with Crippen molar-refractivity contribution in [2.75, 3.05) is 5.32 Å². The number of nitrogens with one attached hydrogen (secondary N) is 2. The number of anilines is 1. The third-order valence-electron chi connectivity index (χ3n) is 4.58. The lowest BCUT2D eigenvalue weighted by Crippen LogP contribution is -2.34. The van der Waals surface area contributed by atoms with E-state index in [1.54, 1.807) is 13.1 Å². The molecule has 0 fully saturated rings. The zero-order chi connectivity index (χ0) is 22.2. The van der Waals surface area contributed by atoms with Crippen molar-refractivity contribution in [1.82, 2.24) is 4.98 Å². The Morgan fingerprint density at radius 3 is 2.52 bits per heavy atom. The minimum Gasteiger partial charge on any atom is -0.456 e. The molecule has 6 nitrogen and oxygen atoms in total. The van der Waals surface area contributed by atoms with Crippen LogP contribution in [0.2, 0.25) is 5.02 Å².